The van der Waals surface area contributed by atoms with Crippen molar-refractivity contribution in [3.05, 3.63) is 35.9 Å². The van der Waals surface area contributed by atoms with Gasteiger partial charge in [0.05, 0.1) is 18.7 Å². The van der Waals surface area contributed by atoms with Gasteiger partial charge in [-0.1, -0.05) is 30.3 Å². The highest BCUT2D eigenvalue weighted by Crippen LogP contribution is 2.36. The minimum Gasteiger partial charge on any atom is -0.369 e. The van der Waals surface area contributed by atoms with E-state index in [9.17, 15) is 4.79 Å². The number of ether oxygens (including phenoxy) is 1. The Morgan fingerprint density at radius 2 is 2.00 bits per heavy atom. The van der Waals surface area contributed by atoms with Crippen LogP contribution in [0.25, 0.3) is 0 Å². The molecular weight excluding hydrogens is 276 g/mol. The second-order valence-electron chi connectivity index (χ2n) is 6.95. The van der Waals surface area contributed by atoms with E-state index < -0.39 is 0 Å². The SMILES string of the molecule is C[C@@H]1CO[C@H](c2ccccc2)[C@H](C)N1C(=O)CC1(N)CCC1. The monoisotopic (exact) mass is 302 g/mol. The van der Waals surface area contributed by atoms with Gasteiger partial charge in [0.15, 0.2) is 0 Å². The van der Waals surface area contributed by atoms with Crippen LogP contribution >= 0.6 is 0 Å². The van der Waals surface area contributed by atoms with Gasteiger partial charge in [-0.05, 0) is 38.7 Å². The largest absolute Gasteiger partial charge is 0.369 e. The summed E-state index contributed by atoms with van der Waals surface area (Å²) >= 11 is 0. The minimum absolute atomic E-state index is 0.0299. The fourth-order valence-electron chi connectivity index (χ4n) is 3.70. The zero-order valence-electron chi connectivity index (χ0n) is 13.5. The van der Waals surface area contributed by atoms with Crippen LogP contribution < -0.4 is 5.73 Å². The molecule has 0 unspecified atom stereocenters. The summed E-state index contributed by atoms with van der Waals surface area (Å²) in [4.78, 5) is 14.8. The molecule has 2 aliphatic rings. The van der Waals surface area contributed by atoms with E-state index in [0.717, 1.165) is 24.8 Å². The van der Waals surface area contributed by atoms with Crippen molar-refractivity contribution in [3.63, 3.8) is 0 Å². The predicted molar refractivity (Wildman–Crippen MR) is 86.3 cm³/mol. The van der Waals surface area contributed by atoms with Crippen molar-refractivity contribution in [2.45, 2.75) is 63.3 Å². The maximum atomic E-state index is 12.8. The lowest BCUT2D eigenvalue weighted by Gasteiger charge is -2.46. The summed E-state index contributed by atoms with van der Waals surface area (Å²) in [5.41, 5.74) is 7.13. The van der Waals surface area contributed by atoms with Gasteiger partial charge in [-0.2, -0.15) is 0 Å². The third-order valence-corrected chi connectivity index (χ3v) is 5.14. The van der Waals surface area contributed by atoms with Crippen molar-refractivity contribution in [2.75, 3.05) is 6.61 Å². The summed E-state index contributed by atoms with van der Waals surface area (Å²) < 4.78 is 6.01. The zero-order valence-corrected chi connectivity index (χ0v) is 13.5. The number of carbonyl (C=O) groups excluding carboxylic acids is 1. The molecular formula is C18H26N2O2. The first-order valence-corrected chi connectivity index (χ1v) is 8.27. The van der Waals surface area contributed by atoms with E-state index in [4.69, 9.17) is 10.5 Å². The van der Waals surface area contributed by atoms with Gasteiger partial charge in [0, 0.05) is 12.0 Å². The average Bonchev–Trinajstić information content (AvgIpc) is 2.46. The van der Waals surface area contributed by atoms with Crippen LogP contribution in [-0.2, 0) is 9.53 Å². The van der Waals surface area contributed by atoms with E-state index in [-0.39, 0.29) is 29.6 Å². The van der Waals surface area contributed by atoms with Crippen molar-refractivity contribution < 1.29 is 9.53 Å². The Balaban J connectivity index is 1.75. The number of hydrogen-bond acceptors (Lipinski definition) is 3. The molecule has 1 aromatic rings. The molecule has 2 fully saturated rings. The summed E-state index contributed by atoms with van der Waals surface area (Å²) in [6.45, 7) is 4.71. The maximum absolute atomic E-state index is 12.8. The number of rotatable bonds is 3. The lowest BCUT2D eigenvalue weighted by Crippen LogP contribution is -2.57. The molecule has 1 saturated heterocycles. The number of amides is 1. The Morgan fingerprint density at radius 3 is 2.59 bits per heavy atom. The van der Waals surface area contributed by atoms with Crippen LogP contribution in [0, 0.1) is 0 Å². The van der Waals surface area contributed by atoms with Crippen molar-refractivity contribution in [1.82, 2.24) is 4.90 Å². The summed E-state index contributed by atoms with van der Waals surface area (Å²) in [5.74, 6) is 0.173. The number of morpholine rings is 1. The summed E-state index contributed by atoms with van der Waals surface area (Å²) in [7, 11) is 0. The van der Waals surface area contributed by atoms with Crippen LogP contribution in [0.1, 0.15) is 51.2 Å². The predicted octanol–water partition coefficient (Wildman–Crippen LogP) is 2.64. The van der Waals surface area contributed by atoms with Gasteiger partial charge in [-0.3, -0.25) is 4.79 Å². The molecule has 1 aliphatic carbocycles. The Kier molecular flexibility index (Phi) is 4.24. The smallest absolute Gasteiger partial charge is 0.225 e. The van der Waals surface area contributed by atoms with E-state index in [1.165, 1.54) is 0 Å². The van der Waals surface area contributed by atoms with Crippen molar-refractivity contribution in [1.29, 1.82) is 0 Å². The van der Waals surface area contributed by atoms with Crippen molar-refractivity contribution in [3.8, 4) is 0 Å². The first-order chi connectivity index (χ1) is 10.5. The Bertz CT molecular complexity index is 527. The van der Waals surface area contributed by atoms with Crippen LogP contribution in [0.4, 0.5) is 0 Å². The number of nitrogens with two attached hydrogens (primary N) is 1. The highest BCUT2D eigenvalue weighted by atomic mass is 16.5. The van der Waals surface area contributed by atoms with Gasteiger partial charge < -0.3 is 15.4 Å². The Morgan fingerprint density at radius 1 is 1.32 bits per heavy atom. The molecule has 1 heterocycles. The summed E-state index contributed by atoms with van der Waals surface area (Å²) in [6.07, 6.45) is 3.48. The Hall–Kier alpha value is -1.39. The molecule has 120 valence electrons. The summed E-state index contributed by atoms with van der Waals surface area (Å²) in [6, 6.07) is 10.3. The molecule has 22 heavy (non-hydrogen) atoms. The lowest BCUT2D eigenvalue weighted by molar-refractivity contribution is -0.155. The zero-order chi connectivity index (χ0) is 15.7. The standard InChI is InChI=1S/C18H26N2O2/c1-13-12-22-17(15-7-4-3-5-8-15)14(2)20(13)16(21)11-18(19)9-6-10-18/h3-5,7-8,13-14,17H,6,9-12,19H2,1-2H3/t13-,14+,17+/m1/s1. The highest BCUT2D eigenvalue weighted by molar-refractivity contribution is 5.78. The molecule has 1 aliphatic heterocycles. The lowest BCUT2D eigenvalue weighted by atomic mass is 9.75. The summed E-state index contributed by atoms with van der Waals surface area (Å²) in [5, 5.41) is 0. The molecule has 3 atom stereocenters. The fraction of sp³-hybridized carbons (Fsp3) is 0.611. The van der Waals surface area contributed by atoms with Crippen LogP contribution in [0.5, 0.6) is 0 Å². The van der Waals surface area contributed by atoms with Gasteiger partial charge in [0.25, 0.3) is 0 Å². The molecule has 0 spiro atoms. The van der Waals surface area contributed by atoms with E-state index in [1.807, 2.05) is 23.1 Å². The molecule has 1 saturated carbocycles. The highest BCUT2D eigenvalue weighted by Gasteiger charge is 2.41. The quantitative estimate of drug-likeness (QED) is 0.934. The fourth-order valence-corrected chi connectivity index (χ4v) is 3.70. The van der Waals surface area contributed by atoms with Crippen LogP contribution in [-0.4, -0.2) is 35.0 Å². The molecule has 3 rings (SSSR count). The molecule has 0 bridgehead atoms. The van der Waals surface area contributed by atoms with Crippen LogP contribution in [0.3, 0.4) is 0 Å². The normalized spacial score (nSPS) is 30.7. The van der Waals surface area contributed by atoms with E-state index in [0.29, 0.717) is 13.0 Å². The molecule has 2 N–H and O–H groups in total. The number of nitrogens with zero attached hydrogens (tertiary/aromatic N) is 1. The first-order valence-electron chi connectivity index (χ1n) is 8.27. The third kappa shape index (κ3) is 2.90. The second kappa shape index (κ2) is 6.01. The second-order valence-corrected chi connectivity index (χ2v) is 6.95. The van der Waals surface area contributed by atoms with E-state index >= 15 is 0 Å². The minimum atomic E-state index is -0.267. The van der Waals surface area contributed by atoms with Gasteiger partial charge in [-0.15, -0.1) is 0 Å². The van der Waals surface area contributed by atoms with Gasteiger partial charge in [0.1, 0.15) is 6.10 Å². The van der Waals surface area contributed by atoms with Gasteiger partial charge >= 0.3 is 0 Å². The van der Waals surface area contributed by atoms with Crippen LogP contribution in [0.2, 0.25) is 0 Å². The molecule has 4 nitrogen and oxygen atoms in total. The number of carbonyl (C=O) groups is 1. The third-order valence-electron chi connectivity index (χ3n) is 5.14. The topological polar surface area (TPSA) is 55.6 Å². The Labute approximate surface area is 132 Å². The molecule has 0 aromatic heterocycles. The molecule has 0 radical (unpaired) electrons. The maximum Gasteiger partial charge on any atom is 0.225 e. The van der Waals surface area contributed by atoms with Crippen molar-refractivity contribution >= 4 is 5.91 Å². The van der Waals surface area contributed by atoms with Crippen molar-refractivity contribution in [2.24, 2.45) is 5.73 Å². The van der Waals surface area contributed by atoms with E-state index in [2.05, 4.69) is 26.0 Å². The number of hydrogen-bond donors (Lipinski definition) is 1. The average molecular weight is 302 g/mol. The van der Waals surface area contributed by atoms with Gasteiger partial charge in [-0.25, -0.2) is 0 Å². The number of benzene rings is 1. The molecule has 1 amide bonds. The van der Waals surface area contributed by atoms with Crippen LogP contribution in [0.15, 0.2) is 30.3 Å². The first kappa shape index (κ1) is 15.5. The molecule has 1 aromatic carbocycles. The molecule has 4 heteroatoms. The van der Waals surface area contributed by atoms with Gasteiger partial charge in [0.2, 0.25) is 5.91 Å². The van der Waals surface area contributed by atoms with E-state index in [1.54, 1.807) is 0 Å².